The molecule has 7 nitrogen and oxygen atoms in total. The van der Waals surface area contributed by atoms with Gasteiger partial charge in [-0.25, -0.2) is 4.98 Å². The average molecular weight is 483 g/mol. The molecule has 3 rings (SSSR count). The van der Waals surface area contributed by atoms with Gasteiger partial charge in [0, 0.05) is 18.0 Å². The van der Waals surface area contributed by atoms with Gasteiger partial charge in [0.2, 0.25) is 5.91 Å². The fraction of sp³-hybridized carbons (Fsp3) is 0.333. The molecular weight excluding hydrogens is 456 g/mol. The number of aryl methyl sites for hydroxylation is 1. The van der Waals surface area contributed by atoms with Crippen LogP contribution in [0.25, 0.3) is 11.3 Å². The lowest BCUT2D eigenvalue weighted by Gasteiger charge is -2.22. The van der Waals surface area contributed by atoms with Crippen LogP contribution in [0.15, 0.2) is 45.4 Å². The average Bonchev–Trinajstić information content (AvgIpc) is 3.52. The molecule has 33 heavy (non-hydrogen) atoms. The zero-order valence-corrected chi connectivity index (χ0v) is 20.7. The largest absolute Gasteiger partial charge is 0.464 e. The van der Waals surface area contributed by atoms with Gasteiger partial charge in [-0.1, -0.05) is 17.8 Å². The number of hydrogen-bond donors (Lipinski definition) is 1. The second-order valence-corrected chi connectivity index (χ2v) is 9.61. The smallest absolute Gasteiger partial charge is 0.256 e. The summed E-state index contributed by atoms with van der Waals surface area (Å²) in [5.74, 6) is 0.0648. The number of thioether (sulfide) groups is 1. The maximum atomic E-state index is 13.3. The Morgan fingerprint density at radius 1 is 1.30 bits per heavy atom. The highest BCUT2D eigenvalue weighted by Crippen LogP contribution is 2.37. The minimum absolute atomic E-state index is 0.153. The Hall–Kier alpha value is -3.09. The van der Waals surface area contributed by atoms with E-state index in [1.165, 1.54) is 18.0 Å². The topological polar surface area (TPSA) is 99.2 Å². The Morgan fingerprint density at radius 3 is 2.64 bits per heavy atom. The van der Waals surface area contributed by atoms with E-state index in [0.717, 1.165) is 4.88 Å². The molecule has 0 saturated heterocycles. The van der Waals surface area contributed by atoms with Crippen LogP contribution in [0.3, 0.4) is 0 Å². The Balaban J connectivity index is 1.98. The van der Waals surface area contributed by atoms with Crippen LogP contribution in [0, 0.1) is 18.3 Å². The van der Waals surface area contributed by atoms with Crippen molar-refractivity contribution in [3.63, 3.8) is 0 Å². The molecule has 0 radical (unpaired) electrons. The van der Waals surface area contributed by atoms with Gasteiger partial charge < -0.3 is 14.6 Å². The first-order chi connectivity index (χ1) is 15.9. The molecule has 0 aromatic carbocycles. The van der Waals surface area contributed by atoms with Crippen LogP contribution < -0.4 is 5.32 Å². The predicted molar refractivity (Wildman–Crippen MR) is 130 cm³/mol. The Bertz CT molecular complexity index is 1150. The zero-order chi connectivity index (χ0) is 24.0. The van der Waals surface area contributed by atoms with E-state index in [9.17, 15) is 14.9 Å². The summed E-state index contributed by atoms with van der Waals surface area (Å²) < 4.78 is 5.61. The van der Waals surface area contributed by atoms with E-state index in [1.54, 1.807) is 42.2 Å². The fourth-order valence-corrected chi connectivity index (χ4v) is 5.04. The Kier molecular flexibility index (Phi) is 8.31. The molecule has 3 aromatic rings. The molecule has 1 atom stereocenters. The van der Waals surface area contributed by atoms with Gasteiger partial charge in [0.15, 0.2) is 0 Å². The molecule has 0 aliphatic heterocycles. The van der Waals surface area contributed by atoms with E-state index in [0.29, 0.717) is 47.2 Å². The summed E-state index contributed by atoms with van der Waals surface area (Å²) in [5, 5.41) is 14.9. The summed E-state index contributed by atoms with van der Waals surface area (Å²) in [7, 11) is 0. The van der Waals surface area contributed by atoms with Gasteiger partial charge >= 0.3 is 0 Å². The number of furan rings is 1. The van der Waals surface area contributed by atoms with Crippen molar-refractivity contribution in [3.8, 4) is 17.4 Å². The van der Waals surface area contributed by atoms with E-state index in [-0.39, 0.29) is 17.4 Å². The number of aromatic nitrogens is 1. The Morgan fingerprint density at radius 2 is 2.06 bits per heavy atom. The first-order valence-corrected chi connectivity index (χ1v) is 12.4. The first-order valence-electron chi connectivity index (χ1n) is 10.7. The van der Waals surface area contributed by atoms with Gasteiger partial charge in [-0.15, -0.1) is 11.3 Å². The fourth-order valence-electron chi connectivity index (χ4n) is 3.42. The molecule has 1 unspecified atom stereocenters. The first kappa shape index (κ1) is 24.6. The molecule has 1 N–H and O–H groups in total. The van der Waals surface area contributed by atoms with E-state index in [1.807, 2.05) is 31.4 Å². The van der Waals surface area contributed by atoms with Gasteiger partial charge in [0.1, 0.15) is 16.9 Å². The van der Waals surface area contributed by atoms with Crippen molar-refractivity contribution in [1.82, 2.24) is 15.2 Å². The second-order valence-electron chi connectivity index (χ2n) is 7.25. The third-order valence-electron chi connectivity index (χ3n) is 5.16. The van der Waals surface area contributed by atoms with E-state index in [4.69, 9.17) is 4.42 Å². The van der Waals surface area contributed by atoms with Gasteiger partial charge in [-0.3, -0.25) is 9.59 Å². The molecule has 3 aromatic heterocycles. The molecule has 0 aliphatic rings. The SMILES string of the molecule is CCN(CC)C(=O)c1c(C)nc(SC(C)C(=O)NCc2cccs2)c(C#N)c1-c1ccco1. The maximum Gasteiger partial charge on any atom is 0.256 e. The van der Waals surface area contributed by atoms with Gasteiger partial charge in [0.05, 0.1) is 40.4 Å². The summed E-state index contributed by atoms with van der Waals surface area (Å²) >= 11 is 2.77. The summed E-state index contributed by atoms with van der Waals surface area (Å²) in [4.78, 5) is 33.3. The minimum Gasteiger partial charge on any atom is -0.464 e. The molecule has 9 heteroatoms. The third kappa shape index (κ3) is 5.46. The van der Waals surface area contributed by atoms with Crippen molar-refractivity contribution in [1.29, 1.82) is 5.26 Å². The standard InChI is InChI=1S/C24H26N4O3S2/c1-5-28(6-2)24(30)20-15(3)27-23(18(13-25)21(20)19-10-7-11-31-19)33-16(4)22(29)26-14-17-9-8-12-32-17/h7-12,16H,5-6,14H2,1-4H3,(H,26,29). The summed E-state index contributed by atoms with van der Waals surface area (Å²) in [5.41, 5.74) is 1.49. The lowest BCUT2D eigenvalue weighted by Crippen LogP contribution is -2.32. The van der Waals surface area contributed by atoms with Gasteiger partial charge in [0.25, 0.3) is 5.91 Å². The molecule has 0 bridgehead atoms. The van der Waals surface area contributed by atoms with Crippen LogP contribution >= 0.6 is 23.1 Å². The van der Waals surface area contributed by atoms with Gasteiger partial charge in [-0.05, 0) is 51.3 Å². The lowest BCUT2D eigenvalue weighted by molar-refractivity contribution is -0.120. The summed E-state index contributed by atoms with van der Waals surface area (Å²) in [6, 6.07) is 9.54. The molecule has 3 heterocycles. The normalized spacial score (nSPS) is 11.6. The summed E-state index contributed by atoms with van der Waals surface area (Å²) in [6.45, 7) is 8.85. The lowest BCUT2D eigenvalue weighted by atomic mass is 9.98. The van der Waals surface area contributed by atoms with Crippen molar-refractivity contribution >= 4 is 34.9 Å². The van der Waals surface area contributed by atoms with Crippen LogP contribution in [0.2, 0.25) is 0 Å². The second kappa shape index (κ2) is 11.2. The zero-order valence-electron chi connectivity index (χ0n) is 19.0. The molecule has 172 valence electrons. The van der Waals surface area contributed by atoms with Crippen LogP contribution in [0.5, 0.6) is 0 Å². The van der Waals surface area contributed by atoms with Crippen LogP contribution in [-0.4, -0.2) is 40.0 Å². The number of carbonyl (C=O) groups is 2. The third-order valence-corrected chi connectivity index (χ3v) is 7.13. The highest BCUT2D eigenvalue weighted by Gasteiger charge is 2.29. The summed E-state index contributed by atoms with van der Waals surface area (Å²) in [6.07, 6.45) is 1.51. The van der Waals surface area contributed by atoms with Crippen molar-refractivity contribution in [2.45, 2.75) is 44.5 Å². The van der Waals surface area contributed by atoms with Crippen molar-refractivity contribution in [3.05, 3.63) is 57.6 Å². The van der Waals surface area contributed by atoms with E-state index in [2.05, 4.69) is 16.4 Å². The monoisotopic (exact) mass is 482 g/mol. The molecule has 0 fully saturated rings. The van der Waals surface area contributed by atoms with E-state index < -0.39 is 5.25 Å². The molecule has 0 aliphatic carbocycles. The molecule has 0 spiro atoms. The van der Waals surface area contributed by atoms with Gasteiger partial charge in [-0.2, -0.15) is 5.26 Å². The number of pyridine rings is 1. The van der Waals surface area contributed by atoms with Crippen molar-refractivity contribution < 1.29 is 14.0 Å². The number of amides is 2. The number of nitrogens with zero attached hydrogens (tertiary/aromatic N) is 3. The van der Waals surface area contributed by atoms with Crippen LogP contribution in [-0.2, 0) is 11.3 Å². The quantitative estimate of drug-likeness (QED) is 0.437. The number of hydrogen-bond acceptors (Lipinski definition) is 7. The molecule has 2 amide bonds. The highest BCUT2D eigenvalue weighted by atomic mass is 32.2. The predicted octanol–water partition coefficient (Wildman–Crippen LogP) is 4.86. The minimum atomic E-state index is -0.488. The number of rotatable bonds is 9. The maximum absolute atomic E-state index is 13.3. The van der Waals surface area contributed by atoms with E-state index >= 15 is 0 Å². The molecule has 0 saturated carbocycles. The number of thiophene rings is 1. The van der Waals surface area contributed by atoms with Crippen LogP contribution in [0.4, 0.5) is 0 Å². The number of nitriles is 1. The highest BCUT2D eigenvalue weighted by molar-refractivity contribution is 8.00. The molecular formula is C24H26N4O3S2. The number of nitrogens with one attached hydrogen (secondary N) is 1. The van der Waals surface area contributed by atoms with Crippen molar-refractivity contribution in [2.24, 2.45) is 0 Å². The van der Waals surface area contributed by atoms with Crippen LogP contribution in [0.1, 0.15) is 47.3 Å². The van der Waals surface area contributed by atoms with Crippen molar-refractivity contribution in [2.75, 3.05) is 13.1 Å². The Labute approximate surface area is 201 Å². The number of carbonyl (C=O) groups excluding carboxylic acids is 2.